The lowest BCUT2D eigenvalue weighted by Crippen LogP contribution is -2.19. The van der Waals surface area contributed by atoms with Gasteiger partial charge in [0, 0.05) is 15.7 Å². The van der Waals surface area contributed by atoms with Crippen molar-refractivity contribution in [3.05, 3.63) is 57.0 Å². The molecule has 0 bridgehead atoms. The van der Waals surface area contributed by atoms with E-state index in [1.807, 2.05) is 13.0 Å². The molecule has 0 spiro atoms. The van der Waals surface area contributed by atoms with Crippen LogP contribution < -0.4 is 10.6 Å². The van der Waals surface area contributed by atoms with Crippen molar-refractivity contribution < 1.29 is 4.79 Å². The number of hydrogen-bond donors (Lipinski definition) is 2. The Morgan fingerprint density at radius 3 is 2.35 bits per heavy atom. The average Bonchev–Trinajstić information content (AvgIpc) is 2.37. The molecule has 0 heterocycles. The predicted octanol–water partition coefficient (Wildman–Crippen LogP) is 5.60. The summed E-state index contributed by atoms with van der Waals surface area (Å²) >= 11 is 17.8. The zero-order chi connectivity index (χ0) is 14.7. The summed E-state index contributed by atoms with van der Waals surface area (Å²) in [6.45, 7) is 1.89. The van der Waals surface area contributed by atoms with Gasteiger partial charge in [-0.15, -0.1) is 0 Å². The lowest BCUT2D eigenvalue weighted by atomic mass is 10.2. The zero-order valence-corrected chi connectivity index (χ0v) is 12.8. The molecule has 0 radical (unpaired) electrons. The highest BCUT2D eigenvalue weighted by molar-refractivity contribution is 6.36. The van der Waals surface area contributed by atoms with Crippen LogP contribution in [-0.2, 0) is 0 Å². The monoisotopic (exact) mass is 328 g/mol. The Labute approximate surface area is 131 Å². The minimum Gasteiger partial charge on any atom is -0.308 e. The van der Waals surface area contributed by atoms with Gasteiger partial charge < -0.3 is 10.6 Å². The Morgan fingerprint density at radius 1 is 0.950 bits per heavy atom. The van der Waals surface area contributed by atoms with Gasteiger partial charge in [-0.2, -0.15) is 0 Å². The van der Waals surface area contributed by atoms with Crippen molar-refractivity contribution in [3.8, 4) is 0 Å². The SMILES string of the molecule is Cc1ccc(NC(=O)Nc2ccc(Cl)cc2Cl)cc1Cl. The molecule has 0 aliphatic heterocycles. The molecule has 2 aromatic carbocycles. The third-order valence-electron chi connectivity index (χ3n) is 2.61. The number of carbonyl (C=O) groups excluding carboxylic acids is 1. The summed E-state index contributed by atoms with van der Waals surface area (Å²) in [5, 5.41) is 6.78. The van der Waals surface area contributed by atoms with Crippen molar-refractivity contribution in [1.82, 2.24) is 0 Å². The van der Waals surface area contributed by atoms with Gasteiger partial charge in [0.25, 0.3) is 0 Å². The molecule has 0 aliphatic carbocycles. The molecule has 0 saturated heterocycles. The number of urea groups is 1. The van der Waals surface area contributed by atoms with Gasteiger partial charge in [-0.1, -0.05) is 40.9 Å². The number of anilines is 2. The van der Waals surface area contributed by atoms with Crippen LogP contribution >= 0.6 is 34.8 Å². The molecule has 0 atom stereocenters. The van der Waals surface area contributed by atoms with Crippen LogP contribution in [0.5, 0.6) is 0 Å². The van der Waals surface area contributed by atoms with E-state index in [0.29, 0.717) is 26.4 Å². The van der Waals surface area contributed by atoms with Crippen molar-refractivity contribution >= 4 is 52.2 Å². The van der Waals surface area contributed by atoms with Crippen molar-refractivity contribution in [2.45, 2.75) is 6.92 Å². The Bertz CT molecular complexity index is 659. The molecule has 6 heteroatoms. The minimum absolute atomic E-state index is 0.370. The molecule has 3 nitrogen and oxygen atoms in total. The van der Waals surface area contributed by atoms with Crippen molar-refractivity contribution in [3.63, 3.8) is 0 Å². The van der Waals surface area contributed by atoms with E-state index in [2.05, 4.69) is 10.6 Å². The van der Waals surface area contributed by atoms with Gasteiger partial charge in [-0.05, 0) is 42.8 Å². The predicted molar refractivity (Wildman–Crippen MR) is 85.3 cm³/mol. The topological polar surface area (TPSA) is 41.1 Å². The van der Waals surface area contributed by atoms with Gasteiger partial charge in [-0.3, -0.25) is 0 Å². The fourth-order valence-electron chi connectivity index (χ4n) is 1.55. The Kier molecular flexibility index (Phi) is 4.76. The fourth-order valence-corrected chi connectivity index (χ4v) is 2.18. The second-order valence-electron chi connectivity index (χ2n) is 4.17. The summed E-state index contributed by atoms with van der Waals surface area (Å²) in [5.41, 5.74) is 2.02. The summed E-state index contributed by atoms with van der Waals surface area (Å²) in [5.74, 6) is 0. The van der Waals surface area contributed by atoms with Crippen LogP contribution in [0.15, 0.2) is 36.4 Å². The second-order valence-corrected chi connectivity index (χ2v) is 5.42. The third kappa shape index (κ3) is 3.79. The van der Waals surface area contributed by atoms with E-state index in [4.69, 9.17) is 34.8 Å². The number of hydrogen-bond acceptors (Lipinski definition) is 1. The van der Waals surface area contributed by atoms with Gasteiger partial charge in [0.05, 0.1) is 10.7 Å². The molecule has 2 aromatic rings. The summed E-state index contributed by atoms with van der Waals surface area (Å²) < 4.78 is 0. The molecular weight excluding hydrogens is 319 g/mol. The molecule has 0 fully saturated rings. The summed E-state index contributed by atoms with van der Waals surface area (Å²) in [6.07, 6.45) is 0. The first-order valence-corrected chi connectivity index (χ1v) is 6.88. The maximum Gasteiger partial charge on any atom is 0.323 e. The molecule has 2 N–H and O–H groups in total. The third-order valence-corrected chi connectivity index (χ3v) is 3.56. The smallest absolute Gasteiger partial charge is 0.308 e. The van der Waals surface area contributed by atoms with E-state index in [0.717, 1.165) is 5.56 Å². The van der Waals surface area contributed by atoms with Gasteiger partial charge >= 0.3 is 6.03 Å². The lowest BCUT2D eigenvalue weighted by molar-refractivity contribution is 0.262. The first kappa shape index (κ1) is 15.0. The van der Waals surface area contributed by atoms with Gasteiger partial charge in [0.15, 0.2) is 0 Å². The van der Waals surface area contributed by atoms with E-state index in [9.17, 15) is 4.79 Å². The van der Waals surface area contributed by atoms with E-state index in [-0.39, 0.29) is 0 Å². The largest absolute Gasteiger partial charge is 0.323 e. The van der Waals surface area contributed by atoms with Gasteiger partial charge in [-0.25, -0.2) is 4.79 Å². The highest BCUT2D eigenvalue weighted by atomic mass is 35.5. The number of halogens is 3. The van der Waals surface area contributed by atoms with Crippen LogP contribution in [0, 0.1) is 6.92 Å². The van der Waals surface area contributed by atoms with Crippen molar-refractivity contribution in [1.29, 1.82) is 0 Å². The van der Waals surface area contributed by atoms with Crippen LogP contribution in [0.2, 0.25) is 15.1 Å². The second kappa shape index (κ2) is 6.35. The van der Waals surface area contributed by atoms with E-state index in [1.165, 1.54) is 0 Å². The zero-order valence-electron chi connectivity index (χ0n) is 10.5. The number of rotatable bonds is 2. The Balaban J connectivity index is 2.07. The molecule has 0 saturated carbocycles. The minimum atomic E-state index is -0.408. The Hall–Kier alpha value is -1.42. The maximum absolute atomic E-state index is 11.9. The molecule has 20 heavy (non-hydrogen) atoms. The first-order chi connectivity index (χ1) is 9.45. The van der Waals surface area contributed by atoms with Crippen LogP contribution in [-0.4, -0.2) is 6.03 Å². The number of amides is 2. The molecule has 0 unspecified atom stereocenters. The highest BCUT2D eigenvalue weighted by Crippen LogP contribution is 2.26. The maximum atomic E-state index is 11.9. The van der Waals surface area contributed by atoms with Crippen LogP contribution in [0.1, 0.15) is 5.56 Å². The fraction of sp³-hybridized carbons (Fsp3) is 0.0714. The number of benzene rings is 2. The summed E-state index contributed by atoms with van der Waals surface area (Å²) in [7, 11) is 0. The van der Waals surface area contributed by atoms with Crippen molar-refractivity contribution in [2.24, 2.45) is 0 Å². The molecular formula is C14H11Cl3N2O. The van der Waals surface area contributed by atoms with Gasteiger partial charge in [0.1, 0.15) is 0 Å². The first-order valence-electron chi connectivity index (χ1n) is 5.75. The van der Waals surface area contributed by atoms with E-state index >= 15 is 0 Å². The standard InChI is InChI=1S/C14H11Cl3N2O/c1-8-2-4-10(7-11(8)16)18-14(20)19-13-5-3-9(15)6-12(13)17/h2-7H,1H3,(H2,18,19,20). The average molecular weight is 330 g/mol. The van der Waals surface area contributed by atoms with Crippen molar-refractivity contribution in [2.75, 3.05) is 10.6 Å². The van der Waals surface area contributed by atoms with E-state index in [1.54, 1.807) is 30.3 Å². The van der Waals surface area contributed by atoms with E-state index < -0.39 is 6.03 Å². The quantitative estimate of drug-likeness (QED) is 0.740. The lowest BCUT2D eigenvalue weighted by Gasteiger charge is -2.10. The number of aryl methyl sites for hydroxylation is 1. The molecule has 0 aromatic heterocycles. The number of nitrogens with one attached hydrogen (secondary N) is 2. The number of carbonyl (C=O) groups is 1. The molecule has 2 rings (SSSR count). The van der Waals surface area contributed by atoms with Crippen LogP contribution in [0.3, 0.4) is 0 Å². The molecule has 104 valence electrons. The van der Waals surface area contributed by atoms with Crippen LogP contribution in [0.25, 0.3) is 0 Å². The normalized spacial score (nSPS) is 10.2. The molecule has 2 amide bonds. The van der Waals surface area contributed by atoms with Gasteiger partial charge in [0.2, 0.25) is 0 Å². The molecule has 0 aliphatic rings. The summed E-state index contributed by atoms with van der Waals surface area (Å²) in [6, 6.07) is 9.70. The Morgan fingerprint density at radius 2 is 1.70 bits per heavy atom. The highest BCUT2D eigenvalue weighted by Gasteiger charge is 2.07. The van der Waals surface area contributed by atoms with Crippen LogP contribution in [0.4, 0.5) is 16.2 Å². The summed E-state index contributed by atoms with van der Waals surface area (Å²) in [4.78, 5) is 11.9.